The number of hydrogen-bond acceptors (Lipinski definition) is 5. The van der Waals surface area contributed by atoms with Crippen LogP contribution in [0.25, 0.3) is 0 Å². The van der Waals surface area contributed by atoms with E-state index in [4.69, 9.17) is 14.7 Å². The summed E-state index contributed by atoms with van der Waals surface area (Å²) in [5.74, 6) is 0.521. The summed E-state index contributed by atoms with van der Waals surface area (Å²) in [5, 5.41) is 0. The maximum absolute atomic E-state index is 12.5. The quantitative estimate of drug-likeness (QED) is 0.850. The number of ether oxygens (including phenoxy) is 1. The van der Waals surface area contributed by atoms with Gasteiger partial charge in [-0.05, 0) is 12.5 Å². The Morgan fingerprint density at radius 1 is 1.17 bits per heavy atom. The molecule has 0 bridgehead atoms. The summed E-state index contributed by atoms with van der Waals surface area (Å²) in [7, 11) is 0. The van der Waals surface area contributed by atoms with Gasteiger partial charge < -0.3 is 14.7 Å². The molecule has 3 rings (SSSR count). The molecule has 0 radical (unpaired) electrons. The Hall–Kier alpha value is -2.40. The lowest BCUT2D eigenvalue weighted by Crippen LogP contribution is -2.10. The Balaban J connectivity index is 1.64. The van der Waals surface area contributed by atoms with Crippen molar-refractivity contribution in [3.63, 3.8) is 0 Å². The third-order valence-electron chi connectivity index (χ3n) is 3.49. The molecule has 0 saturated heterocycles. The van der Waals surface area contributed by atoms with E-state index in [1.54, 1.807) is 0 Å². The van der Waals surface area contributed by atoms with E-state index in [1.165, 1.54) is 12.0 Å². The second kappa shape index (κ2) is 6.79. The fourth-order valence-electron chi connectivity index (χ4n) is 2.34. The fourth-order valence-corrected chi connectivity index (χ4v) is 3.01. The minimum Gasteiger partial charge on any atom is -0.460 e. The van der Waals surface area contributed by atoms with Crippen LogP contribution in [-0.2, 0) is 19.5 Å². The van der Waals surface area contributed by atoms with Gasteiger partial charge in [-0.1, -0.05) is 60.2 Å². The average molecular weight is 327 g/mol. The molecule has 2 aromatic carbocycles. The molecule has 0 amide bonds. The lowest BCUT2D eigenvalue weighted by atomic mass is 10.0. The Kier molecular flexibility index (Phi) is 4.57. The predicted molar refractivity (Wildman–Crippen MR) is 90.0 cm³/mol. The molecule has 4 nitrogen and oxygen atoms in total. The van der Waals surface area contributed by atoms with Crippen molar-refractivity contribution in [3.8, 4) is 0 Å². The van der Waals surface area contributed by atoms with Gasteiger partial charge in [0.05, 0.1) is 17.8 Å². The molecule has 5 heteroatoms. The number of Topliss-reactive ketones (excluding diaryl/α,β-unsaturated/α-hetero) is 1. The zero-order valence-corrected chi connectivity index (χ0v) is 13.5. The van der Waals surface area contributed by atoms with Crippen LogP contribution in [0.1, 0.15) is 22.8 Å². The van der Waals surface area contributed by atoms with Crippen molar-refractivity contribution in [3.05, 3.63) is 82.9 Å². The highest BCUT2D eigenvalue weighted by molar-refractivity contribution is 7.94. The van der Waals surface area contributed by atoms with Gasteiger partial charge in [0, 0.05) is 5.56 Å². The predicted octanol–water partition coefficient (Wildman–Crippen LogP) is 3.63. The van der Waals surface area contributed by atoms with E-state index >= 15 is 0 Å². The largest absolute Gasteiger partial charge is 0.460 e. The summed E-state index contributed by atoms with van der Waals surface area (Å²) in [4.78, 5) is 12.5. The van der Waals surface area contributed by atoms with E-state index in [0.29, 0.717) is 5.75 Å². The first-order valence-corrected chi connectivity index (χ1v) is 8.17. The van der Waals surface area contributed by atoms with Gasteiger partial charge >= 0.3 is 0 Å². The molecule has 1 heterocycles. The number of carbonyl (C=O) groups is 1. The van der Waals surface area contributed by atoms with Gasteiger partial charge in [0.1, 0.15) is 0 Å². The Morgan fingerprint density at radius 3 is 2.70 bits per heavy atom. The number of benzene rings is 2. The van der Waals surface area contributed by atoms with Crippen LogP contribution in [0.5, 0.6) is 0 Å². The molecule has 1 atom stereocenters. The first-order valence-electron chi connectivity index (χ1n) is 7.26. The van der Waals surface area contributed by atoms with Crippen LogP contribution in [0, 0.1) is 6.92 Å². The van der Waals surface area contributed by atoms with Gasteiger partial charge in [0.25, 0.3) is 0 Å². The van der Waals surface area contributed by atoms with E-state index in [2.05, 4.69) is 0 Å². The summed E-state index contributed by atoms with van der Waals surface area (Å²) in [5.41, 5.74) is 8.76. The molecule has 118 valence electrons. The highest BCUT2D eigenvalue weighted by Gasteiger charge is 2.37. The van der Waals surface area contributed by atoms with E-state index in [1.807, 2.05) is 61.5 Å². The van der Waals surface area contributed by atoms with Crippen molar-refractivity contribution in [2.75, 3.05) is 0 Å². The van der Waals surface area contributed by atoms with Crippen LogP contribution in [0.3, 0.4) is 0 Å². The molecule has 0 fully saturated rings. The van der Waals surface area contributed by atoms with Crippen molar-refractivity contribution >= 4 is 17.8 Å². The van der Waals surface area contributed by atoms with E-state index in [9.17, 15) is 4.79 Å². The van der Waals surface area contributed by atoms with Crippen molar-refractivity contribution in [1.82, 2.24) is 0 Å². The van der Waals surface area contributed by atoms with Crippen molar-refractivity contribution in [2.45, 2.75) is 18.8 Å². The molecule has 0 spiro atoms. The molecule has 1 aliphatic rings. The number of rotatable bonds is 5. The van der Waals surface area contributed by atoms with Gasteiger partial charge in [0.2, 0.25) is 17.4 Å². The summed E-state index contributed by atoms with van der Waals surface area (Å²) in [6, 6.07) is 17.5. The van der Waals surface area contributed by atoms with Gasteiger partial charge in [-0.15, -0.1) is 0 Å². The second-order valence-corrected chi connectivity index (χ2v) is 5.99. The number of hydrogen-bond donors (Lipinski definition) is 1. The molecule has 1 aliphatic heterocycles. The zero-order valence-electron chi connectivity index (χ0n) is 12.7. The summed E-state index contributed by atoms with van der Waals surface area (Å²) in [6.45, 7) is 1.97. The summed E-state index contributed by atoms with van der Waals surface area (Å²) < 4.78 is 11.0. The van der Waals surface area contributed by atoms with Crippen molar-refractivity contribution < 1.29 is 13.7 Å². The highest BCUT2D eigenvalue weighted by Crippen LogP contribution is 2.34. The highest BCUT2D eigenvalue weighted by atomic mass is 32.2. The monoisotopic (exact) mass is 327 g/mol. The molecule has 2 N–H and O–H groups in total. The van der Waals surface area contributed by atoms with E-state index in [-0.39, 0.29) is 17.4 Å². The average Bonchev–Trinajstić information content (AvgIpc) is 2.84. The first kappa shape index (κ1) is 15.5. The molecule has 0 aromatic heterocycles. The molecule has 1 unspecified atom stereocenters. The molecular formula is C18H17NO3S. The maximum Gasteiger partial charge on any atom is 0.249 e. The SMILES string of the molecule is Cc1cccc(C2OC(N)=C(OSCc3ccccc3)C2=O)c1. The third kappa shape index (κ3) is 3.51. The fraction of sp³-hybridized carbons (Fsp3) is 0.167. The normalized spacial score (nSPS) is 17.3. The van der Waals surface area contributed by atoms with Crippen molar-refractivity contribution in [1.29, 1.82) is 0 Å². The van der Waals surface area contributed by atoms with Gasteiger partial charge in [-0.3, -0.25) is 4.79 Å². The maximum atomic E-state index is 12.5. The zero-order chi connectivity index (χ0) is 16.2. The number of nitrogens with two attached hydrogens (primary N) is 1. The van der Waals surface area contributed by atoms with Crippen LogP contribution in [-0.4, -0.2) is 5.78 Å². The third-order valence-corrected chi connectivity index (χ3v) is 4.22. The Bertz CT molecular complexity index is 743. The van der Waals surface area contributed by atoms with Crippen LogP contribution < -0.4 is 5.73 Å². The van der Waals surface area contributed by atoms with Gasteiger partial charge in [-0.25, -0.2) is 0 Å². The van der Waals surface area contributed by atoms with E-state index in [0.717, 1.165) is 16.7 Å². The summed E-state index contributed by atoms with van der Waals surface area (Å²) in [6.07, 6.45) is -0.720. The topological polar surface area (TPSA) is 61.6 Å². The standard InChI is InChI=1S/C18H17NO3S/c1-12-6-5-9-14(10-12)16-15(20)17(18(19)21-16)22-23-11-13-7-3-2-4-8-13/h2-10,16H,11,19H2,1H3. The minimum atomic E-state index is -0.720. The Morgan fingerprint density at radius 2 is 1.96 bits per heavy atom. The first-order chi connectivity index (χ1) is 11.1. The second-order valence-electron chi connectivity index (χ2n) is 5.30. The molecule has 0 saturated carbocycles. The minimum absolute atomic E-state index is 0.0436. The lowest BCUT2D eigenvalue weighted by molar-refractivity contribution is -0.122. The molecular weight excluding hydrogens is 310 g/mol. The molecule has 0 aliphatic carbocycles. The van der Waals surface area contributed by atoms with Crippen LogP contribution in [0.2, 0.25) is 0 Å². The lowest BCUT2D eigenvalue weighted by Gasteiger charge is -2.10. The summed E-state index contributed by atoms with van der Waals surface area (Å²) >= 11 is 1.17. The molecule has 23 heavy (non-hydrogen) atoms. The van der Waals surface area contributed by atoms with Gasteiger partial charge in [0.15, 0.2) is 6.10 Å². The molecule has 2 aromatic rings. The number of carbonyl (C=O) groups excluding carboxylic acids is 1. The smallest absolute Gasteiger partial charge is 0.249 e. The number of ketones is 1. The van der Waals surface area contributed by atoms with Crippen molar-refractivity contribution in [2.24, 2.45) is 5.73 Å². The van der Waals surface area contributed by atoms with Crippen LogP contribution in [0.15, 0.2) is 66.2 Å². The van der Waals surface area contributed by atoms with Gasteiger partial charge in [-0.2, -0.15) is 0 Å². The van der Waals surface area contributed by atoms with E-state index < -0.39 is 6.10 Å². The number of aryl methyl sites for hydroxylation is 1. The Labute approximate surface area is 139 Å². The van der Waals surface area contributed by atoms with Crippen LogP contribution >= 0.6 is 12.0 Å². The van der Waals surface area contributed by atoms with Crippen LogP contribution in [0.4, 0.5) is 0 Å².